The molecule has 1 fully saturated rings. The van der Waals surface area contributed by atoms with Crippen LogP contribution in [0.2, 0.25) is 0 Å². The number of nitrogens with one attached hydrogen (secondary N) is 2. The Balaban J connectivity index is 1.69. The lowest BCUT2D eigenvalue weighted by molar-refractivity contribution is -0.131. The van der Waals surface area contributed by atoms with E-state index in [1.165, 1.54) is 6.07 Å². The number of carbonyl (C=O) groups is 3. The number of likely N-dealkylation sites (tertiary alicyclic amines) is 1. The van der Waals surface area contributed by atoms with Crippen LogP contribution < -0.4 is 10.6 Å². The fourth-order valence-corrected chi connectivity index (χ4v) is 2.96. The van der Waals surface area contributed by atoms with E-state index in [1.807, 2.05) is 0 Å². The van der Waals surface area contributed by atoms with Crippen LogP contribution in [0.25, 0.3) is 0 Å². The molecule has 3 N–H and O–H groups in total. The number of rotatable bonds is 5. The molecule has 0 aliphatic carbocycles. The van der Waals surface area contributed by atoms with Crippen molar-refractivity contribution in [2.45, 2.75) is 39.2 Å². The minimum Gasteiger partial charge on any atom is -0.507 e. The van der Waals surface area contributed by atoms with E-state index in [9.17, 15) is 19.5 Å². The highest BCUT2D eigenvalue weighted by Crippen LogP contribution is 2.18. The molecule has 154 valence electrons. The van der Waals surface area contributed by atoms with Crippen molar-refractivity contribution >= 4 is 17.9 Å². The Bertz CT molecular complexity index is 706. The Kier molecular flexibility index (Phi) is 7.25. The standard InChI is InChI=1S/C20H29N3O5/c1-20(2,3)28-19(27)22-13-17(25)23-10-8-14(9-11-23)12-21-18(26)15-6-4-5-7-16(15)24/h4-7,14,24H,8-13H2,1-3H3,(H,21,26)(H,22,27). The molecule has 1 aliphatic rings. The second kappa shape index (κ2) is 9.43. The summed E-state index contributed by atoms with van der Waals surface area (Å²) in [6, 6.07) is 6.41. The number of hydrogen-bond donors (Lipinski definition) is 3. The maximum absolute atomic E-state index is 12.2. The lowest BCUT2D eigenvalue weighted by Crippen LogP contribution is -2.46. The summed E-state index contributed by atoms with van der Waals surface area (Å²) >= 11 is 0. The summed E-state index contributed by atoms with van der Waals surface area (Å²) in [6.07, 6.45) is 0.918. The van der Waals surface area contributed by atoms with Crippen molar-refractivity contribution in [2.24, 2.45) is 5.92 Å². The topological polar surface area (TPSA) is 108 Å². The summed E-state index contributed by atoms with van der Waals surface area (Å²) in [7, 11) is 0. The van der Waals surface area contributed by atoms with Gasteiger partial charge in [-0.2, -0.15) is 0 Å². The van der Waals surface area contributed by atoms with Gasteiger partial charge in [-0.25, -0.2) is 4.79 Å². The van der Waals surface area contributed by atoms with Crippen LogP contribution in [0.4, 0.5) is 4.79 Å². The van der Waals surface area contributed by atoms with Crippen LogP contribution in [0.3, 0.4) is 0 Å². The number of amides is 3. The summed E-state index contributed by atoms with van der Waals surface area (Å²) < 4.78 is 5.11. The van der Waals surface area contributed by atoms with Gasteiger partial charge in [0.1, 0.15) is 17.9 Å². The lowest BCUT2D eigenvalue weighted by atomic mass is 9.96. The van der Waals surface area contributed by atoms with Crippen LogP contribution in [0.1, 0.15) is 44.0 Å². The van der Waals surface area contributed by atoms with Crippen LogP contribution >= 0.6 is 0 Å². The molecule has 1 aromatic rings. The van der Waals surface area contributed by atoms with Crippen LogP contribution in [-0.4, -0.2) is 59.7 Å². The largest absolute Gasteiger partial charge is 0.507 e. The van der Waals surface area contributed by atoms with Gasteiger partial charge in [0.25, 0.3) is 5.91 Å². The van der Waals surface area contributed by atoms with Gasteiger partial charge < -0.3 is 25.4 Å². The van der Waals surface area contributed by atoms with Gasteiger partial charge in [0.2, 0.25) is 5.91 Å². The van der Waals surface area contributed by atoms with Gasteiger partial charge >= 0.3 is 6.09 Å². The maximum atomic E-state index is 12.2. The van der Waals surface area contributed by atoms with E-state index in [1.54, 1.807) is 43.9 Å². The molecule has 1 heterocycles. The summed E-state index contributed by atoms with van der Waals surface area (Å²) in [5.74, 6) is -0.240. The first-order chi connectivity index (χ1) is 13.2. The second-order valence-corrected chi connectivity index (χ2v) is 7.91. The fraction of sp³-hybridized carbons (Fsp3) is 0.550. The first-order valence-electron chi connectivity index (χ1n) is 9.46. The number of aromatic hydroxyl groups is 1. The summed E-state index contributed by atoms with van der Waals surface area (Å²) in [6.45, 7) is 6.83. The van der Waals surface area contributed by atoms with Gasteiger partial charge in [0.05, 0.1) is 5.56 Å². The predicted octanol–water partition coefficient (Wildman–Crippen LogP) is 1.89. The minimum absolute atomic E-state index is 0.0436. The third kappa shape index (κ3) is 6.75. The average Bonchev–Trinajstić information content (AvgIpc) is 2.63. The smallest absolute Gasteiger partial charge is 0.408 e. The third-order valence-electron chi connectivity index (χ3n) is 4.45. The summed E-state index contributed by atoms with van der Waals surface area (Å²) in [5.41, 5.74) is -0.352. The highest BCUT2D eigenvalue weighted by Gasteiger charge is 2.24. The fourth-order valence-electron chi connectivity index (χ4n) is 2.96. The monoisotopic (exact) mass is 391 g/mol. The molecule has 0 atom stereocenters. The zero-order valence-corrected chi connectivity index (χ0v) is 16.7. The number of hydrogen-bond acceptors (Lipinski definition) is 5. The molecule has 1 aliphatic heterocycles. The molecular weight excluding hydrogens is 362 g/mol. The minimum atomic E-state index is -0.609. The number of alkyl carbamates (subject to hydrolysis) is 1. The van der Waals surface area contributed by atoms with Gasteiger partial charge in [-0.05, 0) is 51.7 Å². The normalized spacial score (nSPS) is 15.0. The number of nitrogens with zero attached hydrogens (tertiary/aromatic N) is 1. The Morgan fingerprint density at radius 2 is 1.79 bits per heavy atom. The molecule has 28 heavy (non-hydrogen) atoms. The van der Waals surface area contributed by atoms with Gasteiger partial charge in [0, 0.05) is 19.6 Å². The van der Waals surface area contributed by atoms with Crippen LogP contribution in [0, 0.1) is 5.92 Å². The average molecular weight is 391 g/mol. The molecule has 3 amide bonds. The third-order valence-corrected chi connectivity index (χ3v) is 4.45. The second-order valence-electron chi connectivity index (χ2n) is 7.91. The molecule has 0 radical (unpaired) electrons. The quantitative estimate of drug-likeness (QED) is 0.710. The van der Waals surface area contributed by atoms with E-state index in [4.69, 9.17) is 4.74 Å². The van der Waals surface area contributed by atoms with Gasteiger partial charge in [0.15, 0.2) is 0 Å². The number of phenolic OH excluding ortho intramolecular Hbond substituents is 1. The molecule has 0 spiro atoms. The van der Waals surface area contributed by atoms with Crippen molar-refractivity contribution in [2.75, 3.05) is 26.2 Å². The van der Waals surface area contributed by atoms with E-state index in [0.717, 1.165) is 12.8 Å². The number of carbonyl (C=O) groups excluding carboxylic acids is 3. The van der Waals surface area contributed by atoms with Crippen molar-refractivity contribution in [3.8, 4) is 5.75 Å². The van der Waals surface area contributed by atoms with Crippen LogP contribution in [-0.2, 0) is 9.53 Å². The molecule has 1 aromatic carbocycles. The van der Waals surface area contributed by atoms with Crippen molar-refractivity contribution < 1.29 is 24.2 Å². The number of para-hydroxylation sites is 1. The molecule has 0 aromatic heterocycles. The van der Waals surface area contributed by atoms with E-state index in [-0.39, 0.29) is 35.6 Å². The Hall–Kier alpha value is -2.77. The van der Waals surface area contributed by atoms with Crippen molar-refractivity contribution in [1.82, 2.24) is 15.5 Å². The number of benzene rings is 1. The summed E-state index contributed by atoms with van der Waals surface area (Å²) in [5, 5.41) is 15.0. The molecule has 1 saturated heterocycles. The molecule has 0 bridgehead atoms. The Labute approximate surface area is 165 Å². The number of phenols is 1. The lowest BCUT2D eigenvalue weighted by Gasteiger charge is -2.32. The predicted molar refractivity (Wildman–Crippen MR) is 104 cm³/mol. The number of ether oxygens (including phenoxy) is 1. The molecule has 2 rings (SSSR count). The molecule has 8 nitrogen and oxygen atoms in total. The molecule has 8 heteroatoms. The molecule has 0 saturated carbocycles. The Morgan fingerprint density at radius 3 is 2.39 bits per heavy atom. The Morgan fingerprint density at radius 1 is 1.14 bits per heavy atom. The van der Waals surface area contributed by atoms with E-state index in [2.05, 4.69) is 10.6 Å². The van der Waals surface area contributed by atoms with Crippen molar-refractivity contribution in [3.05, 3.63) is 29.8 Å². The summed E-state index contributed by atoms with van der Waals surface area (Å²) in [4.78, 5) is 37.7. The zero-order valence-electron chi connectivity index (χ0n) is 16.7. The first kappa shape index (κ1) is 21.5. The maximum Gasteiger partial charge on any atom is 0.408 e. The number of piperidine rings is 1. The zero-order chi connectivity index (χ0) is 20.7. The van der Waals surface area contributed by atoms with E-state index < -0.39 is 11.7 Å². The van der Waals surface area contributed by atoms with Crippen LogP contribution in [0.15, 0.2) is 24.3 Å². The SMILES string of the molecule is CC(C)(C)OC(=O)NCC(=O)N1CCC(CNC(=O)c2ccccc2O)CC1. The highest BCUT2D eigenvalue weighted by atomic mass is 16.6. The van der Waals surface area contributed by atoms with Gasteiger partial charge in [-0.1, -0.05) is 12.1 Å². The first-order valence-corrected chi connectivity index (χ1v) is 9.46. The van der Waals surface area contributed by atoms with Gasteiger partial charge in [-0.15, -0.1) is 0 Å². The highest BCUT2D eigenvalue weighted by molar-refractivity contribution is 5.96. The molecular formula is C20H29N3O5. The van der Waals surface area contributed by atoms with Crippen molar-refractivity contribution in [1.29, 1.82) is 0 Å². The van der Waals surface area contributed by atoms with Crippen LogP contribution in [0.5, 0.6) is 5.75 Å². The molecule has 0 unspecified atom stereocenters. The van der Waals surface area contributed by atoms with E-state index >= 15 is 0 Å². The van der Waals surface area contributed by atoms with Gasteiger partial charge in [-0.3, -0.25) is 9.59 Å². The van der Waals surface area contributed by atoms with Crippen molar-refractivity contribution in [3.63, 3.8) is 0 Å². The van der Waals surface area contributed by atoms with E-state index in [0.29, 0.717) is 19.6 Å².